The maximum atomic E-state index is 4.33. The number of hydrogen-bond acceptors (Lipinski definition) is 4. The van der Waals surface area contributed by atoms with E-state index in [1.54, 1.807) is 11.3 Å². The molecular weight excluding hydrogens is 290 g/mol. The molecule has 2 aromatic carbocycles. The van der Waals surface area contributed by atoms with Gasteiger partial charge in [0.1, 0.15) is 0 Å². The smallest absolute Gasteiger partial charge is 0.203 e. The number of thiazole rings is 1. The van der Waals surface area contributed by atoms with E-state index in [1.807, 2.05) is 30.7 Å². The Labute approximate surface area is 134 Å². The average molecular weight is 307 g/mol. The first-order chi connectivity index (χ1) is 10.7. The predicted molar refractivity (Wildman–Crippen MR) is 94.7 cm³/mol. The summed E-state index contributed by atoms with van der Waals surface area (Å²) in [7, 11) is 0. The monoisotopic (exact) mass is 307 g/mol. The van der Waals surface area contributed by atoms with Gasteiger partial charge in [-0.3, -0.25) is 5.43 Å². The van der Waals surface area contributed by atoms with E-state index in [-0.39, 0.29) is 0 Å². The first-order valence-corrected chi connectivity index (χ1v) is 7.97. The lowest BCUT2D eigenvalue weighted by Gasteiger charge is -2.06. The molecule has 4 heteroatoms. The lowest BCUT2D eigenvalue weighted by atomic mass is 9.99. The van der Waals surface area contributed by atoms with Gasteiger partial charge in [-0.05, 0) is 25.0 Å². The van der Waals surface area contributed by atoms with Crippen LogP contribution >= 0.6 is 11.3 Å². The summed E-state index contributed by atoms with van der Waals surface area (Å²) in [6.07, 6.45) is 1.84. The van der Waals surface area contributed by atoms with Gasteiger partial charge in [-0.15, -0.1) is 11.3 Å². The van der Waals surface area contributed by atoms with Crippen LogP contribution < -0.4 is 5.43 Å². The van der Waals surface area contributed by atoms with Gasteiger partial charge in [0.25, 0.3) is 0 Å². The second-order valence-electron chi connectivity index (χ2n) is 5.12. The van der Waals surface area contributed by atoms with Crippen molar-refractivity contribution in [3.8, 4) is 11.1 Å². The van der Waals surface area contributed by atoms with Gasteiger partial charge in [-0.2, -0.15) is 5.10 Å². The zero-order valence-electron chi connectivity index (χ0n) is 12.6. The number of nitrogens with zero attached hydrogens (tertiary/aromatic N) is 2. The van der Waals surface area contributed by atoms with E-state index >= 15 is 0 Å². The molecule has 0 aliphatic carbocycles. The van der Waals surface area contributed by atoms with E-state index in [1.165, 1.54) is 16.7 Å². The van der Waals surface area contributed by atoms with E-state index in [0.29, 0.717) is 0 Å². The molecule has 0 fully saturated rings. The van der Waals surface area contributed by atoms with E-state index in [0.717, 1.165) is 16.4 Å². The van der Waals surface area contributed by atoms with Crippen LogP contribution in [0.3, 0.4) is 0 Å². The zero-order chi connectivity index (χ0) is 15.4. The van der Waals surface area contributed by atoms with E-state index < -0.39 is 0 Å². The minimum atomic E-state index is 0.807. The average Bonchev–Trinajstić information content (AvgIpc) is 2.94. The number of nitrogens with one attached hydrogen (secondary N) is 1. The molecule has 22 heavy (non-hydrogen) atoms. The molecule has 0 saturated carbocycles. The number of anilines is 1. The molecule has 0 aliphatic heterocycles. The van der Waals surface area contributed by atoms with Crippen molar-refractivity contribution < 1.29 is 0 Å². The van der Waals surface area contributed by atoms with Crippen molar-refractivity contribution in [3.05, 3.63) is 70.7 Å². The molecule has 1 aromatic heterocycles. The molecule has 0 amide bonds. The van der Waals surface area contributed by atoms with Gasteiger partial charge in [-0.25, -0.2) is 4.98 Å². The van der Waals surface area contributed by atoms with Gasteiger partial charge >= 0.3 is 0 Å². The molecule has 0 unspecified atom stereocenters. The summed E-state index contributed by atoms with van der Waals surface area (Å²) in [5, 5.41) is 7.11. The van der Waals surface area contributed by atoms with E-state index in [9.17, 15) is 0 Å². The molecule has 3 aromatic rings. The summed E-state index contributed by atoms with van der Waals surface area (Å²) >= 11 is 1.55. The number of hydrazone groups is 1. The molecule has 0 saturated heterocycles. The Kier molecular flexibility index (Phi) is 4.30. The van der Waals surface area contributed by atoms with Crippen molar-refractivity contribution in [2.75, 3.05) is 5.43 Å². The number of aromatic nitrogens is 1. The fraction of sp³-hybridized carbons (Fsp3) is 0.111. The second-order valence-corrected chi connectivity index (χ2v) is 5.98. The molecule has 0 spiro atoms. The molecule has 1 N–H and O–H groups in total. The van der Waals surface area contributed by atoms with Gasteiger partial charge in [0.15, 0.2) is 0 Å². The van der Waals surface area contributed by atoms with Crippen LogP contribution in [0.2, 0.25) is 0 Å². The van der Waals surface area contributed by atoms with Gasteiger partial charge in [0.05, 0.1) is 11.9 Å². The Hall–Kier alpha value is -2.46. The first-order valence-electron chi connectivity index (χ1n) is 7.09. The van der Waals surface area contributed by atoms with Crippen molar-refractivity contribution >= 4 is 22.7 Å². The summed E-state index contributed by atoms with van der Waals surface area (Å²) in [6.45, 7) is 4.06. The van der Waals surface area contributed by atoms with Crippen LogP contribution in [-0.4, -0.2) is 11.2 Å². The largest absolute Gasteiger partial charge is 0.253 e. The maximum Gasteiger partial charge on any atom is 0.203 e. The number of hydrogen-bond donors (Lipinski definition) is 1. The van der Waals surface area contributed by atoms with Crippen LogP contribution in [0.4, 0.5) is 5.13 Å². The van der Waals surface area contributed by atoms with Gasteiger partial charge < -0.3 is 0 Å². The third-order valence-corrected chi connectivity index (χ3v) is 4.17. The third kappa shape index (κ3) is 3.40. The van der Waals surface area contributed by atoms with Crippen LogP contribution in [0.15, 0.2) is 59.0 Å². The first kappa shape index (κ1) is 14.5. The molecule has 0 aliphatic rings. The standard InChI is InChI=1S/C18H17N3S/c1-13-7-9-15(10-8-13)17-6-4-3-5-16(17)11-19-21-18-20-14(2)12-22-18/h3-12H,1-2H3,(H,20,21). The number of aryl methyl sites for hydroxylation is 2. The van der Waals surface area contributed by atoms with Gasteiger partial charge in [0, 0.05) is 10.9 Å². The van der Waals surface area contributed by atoms with E-state index in [2.05, 4.69) is 58.8 Å². The molecule has 3 rings (SSSR count). The van der Waals surface area contributed by atoms with Crippen LogP contribution in [-0.2, 0) is 0 Å². The topological polar surface area (TPSA) is 37.3 Å². The van der Waals surface area contributed by atoms with Gasteiger partial charge in [0.2, 0.25) is 5.13 Å². The van der Waals surface area contributed by atoms with Crippen molar-refractivity contribution in [2.24, 2.45) is 5.10 Å². The Bertz CT molecular complexity index is 788. The summed E-state index contributed by atoms with van der Waals surface area (Å²) in [5.74, 6) is 0. The Morgan fingerprint density at radius 1 is 1.05 bits per heavy atom. The number of rotatable bonds is 4. The van der Waals surface area contributed by atoms with Gasteiger partial charge in [-0.1, -0.05) is 54.1 Å². The molecular formula is C18H17N3S. The fourth-order valence-electron chi connectivity index (χ4n) is 2.17. The molecule has 0 bridgehead atoms. The fourth-order valence-corrected chi connectivity index (χ4v) is 2.80. The molecule has 0 atom stereocenters. The highest BCUT2D eigenvalue weighted by Crippen LogP contribution is 2.23. The molecule has 0 radical (unpaired) electrons. The maximum absolute atomic E-state index is 4.33. The van der Waals surface area contributed by atoms with Crippen molar-refractivity contribution in [2.45, 2.75) is 13.8 Å². The minimum absolute atomic E-state index is 0.807. The summed E-state index contributed by atoms with van der Waals surface area (Å²) < 4.78 is 0. The van der Waals surface area contributed by atoms with Crippen LogP contribution in [0.5, 0.6) is 0 Å². The predicted octanol–water partition coefficient (Wildman–Crippen LogP) is 4.87. The van der Waals surface area contributed by atoms with Crippen molar-refractivity contribution in [3.63, 3.8) is 0 Å². The van der Waals surface area contributed by atoms with Crippen LogP contribution in [0.25, 0.3) is 11.1 Å². The quantitative estimate of drug-likeness (QED) is 0.551. The van der Waals surface area contributed by atoms with Crippen molar-refractivity contribution in [1.82, 2.24) is 4.98 Å². The third-order valence-electron chi connectivity index (χ3n) is 3.31. The lowest BCUT2D eigenvalue weighted by molar-refractivity contribution is 1.22. The van der Waals surface area contributed by atoms with E-state index in [4.69, 9.17) is 0 Å². The molecule has 1 heterocycles. The van der Waals surface area contributed by atoms with Crippen LogP contribution in [0.1, 0.15) is 16.8 Å². The van der Waals surface area contributed by atoms with Crippen molar-refractivity contribution in [1.29, 1.82) is 0 Å². The highest BCUT2D eigenvalue weighted by atomic mass is 32.1. The SMILES string of the molecule is Cc1ccc(-c2ccccc2C=NNc2nc(C)cs2)cc1. The number of benzene rings is 2. The highest BCUT2D eigenvalue weighted by Gasteiger charge is 2.02. The molecule has 3 nitrogen and oxygen atoms in total. The lowest BCUT2D eigenvalue weighted by Crippen LogP contribution is -1.92. The summed E-state index contributed by atoms with van der Waals surface area (Å²) in [4.78, 5) is 4.33. The Balaban J connectivity index is 1.83. The minimum Gasteiger partial charge on any atom is -0.253 e. The zero-order valence-corrected chi connectivity index (χ0v) is 13.4. The highest BCUT2D eigenvalue weighted by molar-refractivity contribution is 7.13. The Morgan fingerprint density at radius 2 is 1.82 bits per heavy atom. The summed E-state index contributed by atoms with van der Waals surface area (Å²) in [5.41, 5.74) is 8.68. The van der Waals surface area contributed by atoms with Crippen LogP contribution in [0, 0.1) is 13.8 Å². The Morgan fingerprint density at radius 3 is 2.55 bits per heavy atom. The second kappa shape index (κ2) is 6.54. The molecule has 110 valence electrons. The summed E-state index contributed by atoms with van der Waals surface area (Å²) in [6, 6.07) is 16.8. The normalized spacial score (nSPS) is 11.0.